The Hall–Kier alpha value is -2.52. The minimum absolute atomic E-state index is 0.334. The minimum Gasteiger partial charge on any atom is -0.494 e. The average molecular weight is 390 g/mol. The zero-order chi connectivity index (χ0) is 19.4. The molecule has 1 atom stereocenters. The molecule has 0 radical (unpaired) electrons. The van der Waals surface area contributed by atoms with E-state index in [1.807, 2.05) is 30.3 Å². The van der Waals surface area contributed by atoms with Crippen LogP contribution in [-0.2, 0) is 13.6 Å². The maximum atomic E-state index is 12.4. The molecule has 2 heterocycles. The summed E-state index contributed by atoms with van der Waals surface area (Å²) in [6.45, 7) is 2.68. The van der Waals surface area contributed by atoms with Gasteiger partial charge in [0.05, 0.1) is 12.7 Å². The van der Waals surface area contributed by atoms with E-state index in [1.165, 1.54) is 16.3 Å². The zero-order valence-electron chi connectivity index (χ0n) is 15.2. The number of hydrogen-bond acceptors (Lipinski definition) is 6. The smallest absolute Gasteiger partial charge is 0.329 e. The van der Waals surface area contributed by atoms with Crippen molar-refractivity contribution < 1.29 is 9.84 Å². The van der Waals surface area contributed by atoms with E-state index in [0.29, 0.717) is 41.6 Å². The first-order valence-corrected chi connectivity index (χ1v) is 9.64. The summed E-state index contributed by atoms with van der Waals surface area (Å²) in [6.07, 6.45) is 0.150. The number of benzene rings is 1. The monoisotopic (exact) mass is 390 g/mol. The normalized spacial score (nSPS) is 12.4. The van der Waals surface area contributed by atoms with Gasteiger partial charge in [0, 0.05) is 19.3 Å². The van der Waals surface area contributed by atoms with Crippen molar-refractivity contribution in [1.82, 2.24) is 19.1 Å². The van der Waals surface area contributed by atoms with Crippen LogP contribution in [0.4, 0.5) is 0 Å². The standard InChI is InChI=1S/C18H22N4O4S/c1-12(23)11-27-18-19-15-14(16(24)20-17(25)21(15)2)22(18)9-6-10-26-13-7-4-3-5-8-13/h3-5,7-8,12,23H,6,9-11H2,1-2H3,(H,20,24,25)/t12-/m1/s1. The fourth-order valence-corrected chi connectivity index (χ4v) is 3.54. The van der Waals surface area contributed by atoms with Crippen LogP contribution in [0.15, 0.2) is 45.1 Å². The number of aromatic amines is 1. The maximum absolute atomic E-state index is 12.4. The molecule has 144 valence electrons. The number of thioether (sulfide) groups is 1. The van der Waals surface area contributed by atoms with E-state index >= 15 is 0 Å². The van der Waals surface area contributed by atoms with Crippen molar-refractivity contribution in [2.75, 3.05) is 12.4 Å². The second-order valence-electron chi connectivity index (χ2n) is 6.21. The summed E-state index contributed by atoms with van der Waals surface area (Å²) in [5.74, 6) is 1.23. The van der Waals surface area contributed by atoms with E-state index in [2.05, 4.69) is 9.97 Å². The number of ether oxygens (including phenoxy) is 1. The van der Waals surface area contributed by atoms with Gasteiger partial charge in [-0.15, -0.1) is 0 Å². The van der Waals surface area contributed by atoms with Crippen molar-refractivity contribution in [3.8, 4) is 5.75 Å². The van der Waals surface area contributed by atoms with Crippen LogP contribution >= 0.6 is 11.8 Å². The summed E-state index contributed by atoms with van der Waals surface area (Å²) in [6, 6.07) is 9.51. The Kier molecular flexibility index (Phi) is 6.02. The fraction of sp³-hybridized carbons (Fsp3) is 0.389. The Bertz CT molecular complexity index is 1020. The highest BCUT2D eigenvalue weighted by Gasteiger charge is 2.18. The molecule has 2 aromatic heterocycles. The summed E-state index contributed by atoms with van der Waals surface area (Å²) >= 11 is 1.35. The number of H-pyrrole nitrogens is 1. The number of aryl methyl sites for hydroxylation is 2. The molecule has 3 aromatic rings. The van der Waals surface area contributed by atoms with Crippen molar-refractivity contribution in [2.45, 2.75) is 31.1 Å². The number of aliphatic hydroxyl groups excluding tert-OH is 1. The van der Waals surface area contributed by atoms with Crippen molar-refractivity contribution in [3.63, 3.8) is 0 Å². The highest BCUT2D eigenvalue weighted by Crippen LogP contribution is 2.22. The minimum atomic E-state index is -0.508. The molecule has 0 spiro atoms. The third-order valence-corrected chi connectivity index (χ3v) is 5.18. The van der Waals surface area contributed by atoms with Crippen LogP contribution in [0.3, 0.4) is 0 Å². The lowest BCUT2D eigenvalue weighted by Gasteiger charge is -2.10. The van der Waals surface area contributed by atoms with Crippen molar-refractivity contribution in [2.24, 2.45) is 7.05 Å². The van der Waals surface area contributed by atoms with Crippen molar-refractivity contribution >= 4 is 22.9 Å². The molecular weight excluding hydrogens is 368 g/mol. The first kappa shape index (κ1) is 19.2. The van der Waals surface area contributed by atoms with Gasteiger partial charge in [0.1, 0.15) is 5.75 Å². The molecule has 0 unspecified atom stereocenters. The number of rotatable bonds is 8. The molecule has 0 aliphatic heterocycles. The maximum Gasteiger partial charge on any atom is 0.329 e. The van der Waals surface area contributed by atoms with Gasteiger partial charge in [-0.25, -0.2) is 9.78 Å². The number of hydrogen-bond donors (Lipinski definition) is 2. The third-order valence-electron chi connectivity index (χ3n) is 3.96. The van der Waals surface area contributed by atoms with Crippen molar-refractivity contribution in [3.05, 3.63) is 51.2 Å². The fourth-order valence-electron chi connectivity index (χ4n) is 2.66. The van der Waals surface area contributed by atoms with Crippen molar-refractivity contribution in [1.29, 1.82) is 0 Å². The number of nitrogens with one attached hydrogen (secondary N) is 1. The number of imidazole rings is 1. The number of para-hydroxylation sites is 1. The van der Waals surface area contributed by atoms with E-state index < -0.39 is 17.4 Å². The molecule has 2 N–H and O–H groups in total. The van der Waals surface area contributed by atoms with Gasteiger partial charge in [-0.05, 0) is 25.5 Å². The van der Waals surface area contributed by atoms with Gasteiger partial charge in [0.25, 0.3) is 5.56 Å². The van der Waals surface area contributed by atoms with Crippen LogP contribution in [0.25, 0.3) is 11.2 Å². The van der Waals surface area contributed by atoms with Gasteiger partial charge in [0.2, 0.25) is 0 Å². The summed E-state index contributed by atoms with van der Waals surface area (Å²) < 4.78 is 8.81. The third kappa shape index (κ3) is 4.42. The zero-order valence-corrected chi connectivity index (χ0v) is 16.0. The van der Waals surface area contributed by atoms with E-state index in [0.717, 1.165) is 5.75 Å². The lowest BCUT2D eigenvalue weighted by Crippen LogP contribution is -2.29. The van der Waals surface area contributed by atoms with E-state index in [9.17, 15) is 14.7 Å². The SMILES string of the molecule is C[C@@H](O)CSc1nc2c(c(=O)[nH]c(=O)n2C)n1CCCOc1ccccc1. The first-order valence-electron chi connectivity index (χ1n) is 8.65. The van der Waals surface area contributed by atoms with Gasteiger partial charge in [-0.2, -0.15) is 0 Å². The Morgan fingerprint density at radius 3 is 2.74 bits per heavy atom. The van der Waals surface area contributed by atoms with Gasteiger partial charge in [-0.3, -0.25) is 14.3 Å². The van der Waals surface area contributed by atoms with Crippen LogP contribution in [0.2, 0.25) is 0 Å². The number of aliphatic hydroxyl groups is 1. The molecule has 0 amide bonds. The molecule has 27 heavy (non-hydrogen) atoms. The predicted molar refractivity (Wildman–Crippen MR) is 105 cm³/mol. The molecule has 0 bridgehead atoms. The Balaban J connectivity index is 1.84. The molecule has 0 fully saturated rings. The molecule has 8 nitrogen and oxygen atoms in total. The molecule has 0 saturated carbocycles. The predicted octanol–water partition coefficient (Wildman–Crippen LogP) is 1.37. The van der Waals surface area contributed by atoms with E-state index in [-0.39, 0.29) is 0 Å². The highest BCUT2D eigenvalue weighted by molar-refractivity contribution is 7.99. The molecule has 0 aliphatic carbocycles. The van der Waals surface area contributed by atoms with Crippen LogP contribution in [0.5, 0.6) is 5.75 Å². The Morgan fingerprint density at radius 1 is 1.30 bits per heavy atom. The lowest BCUT2D eigenvalue weighted by molar-refractivity contribution is 0.220. The molecular formula is C18H22N4O4S. The van der Waals surface area contributed by atoms with Gasteiger partial charge < -0.3 is 14.4 Å². The van der Waals surface area contributed by atoms with E-state index in [4.69, 9.17) is 4.74 Å². The Labute approximate surface area is 159 Å². The van der Waals surface area contributed by atoms with Crippen LogP contribution in [0, 0.1) is 0 Å². The topological polar surface area (TPSA) is 102 Å². The summed E-state index contributed by atoms with van der Waals surface area (Å²) in [5.41, 5.74) is -0.282. The molecule has 0 saturated heterocycles. The average Bonchev–Trinajstić information content (AvgIpc) is 3.02. The Morgan fingerprint density at radius 2 is 2.04 bits per heavy atom. The highest BCUT2D eigenvalue weighted by atomic mass is 32.2. The van der Waals surface area contributed by atoms with E-state index in [1.54, 1.807) is 18.5 Å². The number of nitrogens with zero attached hydrogens (tertiary/aromatic N) is 3. The summed E-state index contributed by atoms with van der Waals surface area (Å²) in [4.78, 5) is 31.0. The molecule has 1 aromatic carbocycles. The molecule has 3 rings (SSSR count). The number of aromatic nitrogens is 4. The quantitative estimate of drug-likeness (QED) is 0.445. The van der Waals surface area contributed by atoms with Crippen LogP contribution < -0.4 is 16.0 Å². The number of fused-ring (bicyclic) bond motifs is 1. The van der Waals surface area contributed by atoms with Crippen LogP contribution in [0.1, 0.15) is 13.3 Å². The second-order valence-corrected chi connectivity index (χ2v) is 7.20. The molecule has 9 heteroatoms. The first-order chi connectivity index (χ1) is 13.0. The second kappa shape index (κ2) is 8.45. The largest absolute Gasteiger partial charge is 0.494 e. The van der Waals surface area contributed by atoms with Crippen LogP contribution in [-0.4, -0.2) is 42.7 Å². The lowest BCUT2D eigenvalue weighted by atomic mass is 10.3. The van der Waals surface area contributed by atoms with Gasteiger partial charge >= 0.3 is 5.69 Å². The summed E-state index contributed by atoms with van der Waals surface area (Å²) in [5, 5.41) is 10.2. The molecule has 0 aliphatic rings. The van der Waals surface area contributed by atoms with Gasteiger partial charge in [-0.1, -0.05) is 30.0 Å². The summed E-state index contributed by atoms with van der Waals surface area (Å²) in [7, 11) is 1.57. The van der Waals surface area contributed by atoms with Gasteiger partial charge in [0.15, 0.2) is 16.3 Å².